The van der Waals surface area contributed by atoms with Crippen LogP contribution in [0.3, 0.4) is 0 Å². The molecular weight excluding hydrogens is 248 g/mol. The molecule has 1 atom stereocenters. The van der Waals surface area contributed by atoms with E-state index in [0.29, 0.717) is 5.92 Å². The van der Waals surface area contributed by atoms with Crippen LogP contribution in [-0.4, -0.2) is 46.3 Å². The smallest absolute Gasteiger partial charge is 0.248 e. The average molecular weight is 270 g/mol. The molecule has 102 valence electrons. The van der Waals surface area contributed by atoms with Crippen molar-refractivity contribution in [3.63, 3.8) is 0 Å². The molecule has 5 heteroatoms. The molecule has 0 saturated carbocycles. The number of piperazine rings is 1. The van der Waals surface area contributed by atoms with Gasteiger partial charge in [0.05, 0.1) is 0 Å². The highest BCUT2D eigenvalue weighted by molar-refractivity contribution is 7.99. The Balaban J connectivity index is 2.08. The molecular formula is C13H22N2O2S. The number of hydrogen-bond acceptors (Lipinski definition) is 3. The van der Waals surface area contributed by atoms with Gasteiger partial charge in [-0.15, -0.1) is 0 Å². The van der Waals surface area contributed by atoms with Gasteiger partial charge in [0.1, 0.15) is 11.6 Å². The van der Waals surface area contributed by atoms with Crippen molar-refractivity contribution in [2.75, 3.05) is 18.1 Å². The van der Waals surface area contributed by atoms with Crippen molar-refractivity contribution in [2.24, 2.45) is 5.92 Å². The molecule has 2 fully saturated rings. The van der Waals surface area contributed by atoms with Crippen LogP contribution in [0, 0.1) is 5.92 Å². The van der Waals surface area contributed by atoms with Crippen molar-refractivity contribution in [3.05, 3.63) is 0 Å². The Kier molecular flexibility index (Phi) is 3.90. The van der Waals surface area contributed by atoms with E-state index in [1.807, 2.05) is 18.7 Å². The summed E-state index contributed by atoms with van der Waals surface area (Å²) in [5.74, 6) is 2.92. The summed E-state index contributed by atoms with van der Waals surface area (Å²) in [4.78, 5) is 26.1. The molecule has 1 N–H and O–H groups in total. The van der Waals surface area contributed by atoms with Crippen molar-refractivity contribution in [1.82, 2.24) is 10.2 Å². The van der Waals surface area contributed by atoms with E-state index < -0.39 is 5.54 Å². The van der Waals surface area contributed by atoms with Gasteiger partial charge in [0.15, 0.2) is 0 Å². The zero-order chi connectivity index (χ0) is 13.3. The minimum Gasteiger partial charge on any atom is -0.340 e. The molecule has 18 heavy (non-hydrogen) atoms. The normalized spacial score (nSPS) is 29.3. The topological polar surface area (TPSA) is 49.4 Å². The van der Waals surface area contributed by atoms with Gasteiger partial charge < -0.3 is 10.2 Å². The van der Waals surface area contributed by atoms with Crippen LogP contribution in [0.4, 0.5) is 0 Å². The summed E-state index contributed by atoms with van der Waals surface area (Å²) in [7, 11) is 0. The molecule has 2 amide bonds. The van der Waals surface area contributed by atoms with Crippen LogP contribution >= 0.6 is 11.8 Å². The maximum Gasteiger partial charge on any atom is 0.248 e. The molecule has 0 aromatic rings. The Morgan fingerprint density at radius 3 is 2.56 bits per heavy atom. The molecule has 2 rings (SSSR count). The second-order valence-corrected chi connectivity index (χ2v) is 7.03. The summed E-state index contributed by atoms with van der Waals surface area (Å²) >= 11 is 1.98. The lowest BCUT2D eigenvalue weighted by Gasteiger charge is -2.43. The fourth-order valence-electron chi connectivity index (χ4n) is 2.59. The highest BCUT2D eigenvalue weighted by Crippen LogP contribution is 2.26. The molecule has 1 unspecified atom stereocenters. The number of nitrogens with zero attached hydrogens (tertiary/aromatic N) is 1. The average Bonchev–Trinajstić information content (AvgIpc) is 2.33. The third kappa shape index (κ3) is 2.66. The molecule has 4 nitrogen and oxygen atoms in total. The van der Waals surface area contributed by atoms with Crippen molar-refractivity contribution in [3.8, 4) is 0 Å². The molecule has 2 saturated heterocycles. The van der Waals surface area contributed by atoms with Crippen molar-refractivity contribution in [2.45, 2.75) is 45.2 Å². The summed E-state index contributed by atoms with van der Waals surface area (Å²) in [6, 6.07) is -0.333. The van der Waals surface area contributed by atoms with Crippen LogP contribution in [0.2, 0.25) is 0 Å². The van der Waals surface area contributed by atoms with Crippen molar-refractivity contribution >= 4 is 23.6 Å². The molecule has 0 aliphatic carbocycles. The molecule has 0 bridgehead atoms. The van der Waals surface area contributed by atoms with Gasteiger partial charge in [-0.1, -0.05) is 0 Å². The lowest BCUT2D eigenvalue weighted by atomic mass is 9.94. The van der Waals surface area contributed by atoms with Crippen LogP contribution in [0.1, 0.15) is 33.6 Å². The molecule has 0 aromatic carbocycles. The first kappa shape index (κ1) is 13.7. The Morgan fingerprint density at radius 1 is 1.33 bits per heavy atom. The lowest BCUT2D eigenvalue weighted by molar-refractivity contribution is -0.153. The van der Waals surface area contributed by atoms with E-state index in [4.69, 9.17) is 0 Å². The van der Waals surface area contributed by atoms with E-state index in [0.717, 1.165) is 19.4 Å². The monoisotopic (exact) mass is 270 g/mol. The van der Waals surface area contributed by atoms with Gasteiger partial charge in [-0.05, 0) is 51.0 Å². The van der Waals surface area contributed by atoms with Crippen molar-refractivity contribution < 1.29 is 9.59 Å². The van der Waals surface area contributed by atoms with Crippen LogP contribution in [-0.2, 0) is 9.59 Å². The Hall–Kier alpha value is -0.710. The summed E-state index contributed by atoms with van der Waals surface area (Å²) < 4.78 is 0. The standard InChI is InChI=1S/C13H22N2O2S/c1-9-11(16)14-13(2,3)12(17)15(9)8-10-4-6-18-7-5-10/h9-10H,4-8H2,1-3H3,(H,14,16). The number of hydrogen-bond donors (Lipinski definition) is 1. The third-order valence-electron chi connectivity index (χ3n) is 3.87. The lowest BCUT2D eigenvalue weighted by Crippen LogP contribution is -2.67. The third-order valence-corrected chi connectivity index (χ3v) is 4.92. The molecule has 0 radical (unpaired) electrons. The van der Waals surface area contributed by atoms with Gasteiger partial charge in [0, 0.05) is 6.54 Å². The van der Waals surface area contributed by atoms with E-state index in [1.165, 1.54) is 11.5 Å². The maximum atomic E-state index is 12.4. The van der Waals surface area contributed by atoms with Gasteiger partial charge in [0.2, 0.25) is 11.8 Å². The minimum atomic E-state index is -0.757. The fraction of sp³-hybridized carbons (Fsp3) is 0.846. The predicted molar refractivity (Wildman–Crippen MR) is 73.4 cm³/mol. The minimum absolute atomic E-state index is 0.0372. The van der Waals surface area contributed by atoms with Gasteiger partial charge in [0.25, 0.3) is 0 Å². The molecule has 2 aliphatic rings. The first-order valence-electron chi connectivity index (χ1n) is 6.62. The molecule has 2 aliphatic heterocycles. The Labute approximate surface area is 113 Å². The number of thioether (sulfide) groups is 1. The van der Waals surface area contributed by atoms with Gasteiger partial charge in [-0.3, -0.25) is 9.59 Å². The number of carbonyl (C=O) groups excluding carboxylic acids is 2. The van der Waals surface area contributed by atoms with Crippen LogP contribution < -0.4 is 5.32 Å². The second-order valence-electron chi connectivity index (χ2n) is 5.80. The maximum absolute atomic E-state index is 12.4. The highest BCUT2D eigenvalue weighted by Gasteiger charge is 2.43. The largest absolute Gasteiger partial charge is 0.340 e. The van der Waals surface area contributed by atoms with Gasteiger partial charge in [-0.2, -0.15) is 11.8 Å². The van der Waals surface area contributed by atoms with E-state index in [1.54, 1.807) is 18.7 Å². The Bertz CT molecular complexity index is 351. The zero-order valence-corrected chi connectivity index (χ0v) is 12.2. The quantitative estimate of drug-likeness (QED) is 0.822. The molecule has 2 heterocycles. The summed E-state index contributed by atoms with van der Waals surface area (Å²) in [5.41, 5.74) is -0.757. The number of carbonyl (C=O) groups is 2. The van der Waals surface area contributed by atoms with Crippen LogP contribution in [0.5, 0.6) is 0 Å². The van der Waals surface area contributed by atoms with Crippen LogP contribution in [0.15, 0.2) is 0 Å². The van der Waals surface area contributed by atoms with Crippen LogP contribution in [0.25, 0.3) is 0 Å². The summed E-state index contributed by atoms with van der Waals surface area (Å²) in [6.45, 7) is 6.11. The van der Waals surface area contributed by atoms with E-state index in [-0.39, 0.29) is 17.9 Å². The highest BCUT2D eigenvalue weighted by atomic mass is 32.2. The first-order valence-corrected chi connectivity index (χ1v) is 7.78. The van der Waals surface area contributed by atoms with E-state index in [9.17, 15) is 9.59 Å². The second kappa shape index (κ2) is 5.11. The molecule has 0 spiro atoms. The van der Waals surface area contributed by atoms with Gasteiger partial charge >= 0.3 is 0 Å². The summed E-state index contributed by atoms with van der Waals surface area (Å²) in [6.07, 6.45) is 2.31. The number of amides is 2. The SMILES string of the molecule is CC1C(=O)NC(C)(C)C(=O)N1CC1CCSCC1. The zero-order valence-electron chi connectivity index (χ0n) is 11.4. The van der Waals surface area contributed by atoms with E-state index >= 15 is 0 Å². The predicted octanol–water partition coefficient (Wildman–Crippen LogP) is 1.26. The van der Waals surface area contributed by atoms with E-state index in [2.05, 4.69) is 5.32 Å². The summed E-state index contributed by atoms with van der Waals surface area (Å²) in [5, 5.41) is 2.79. The Morgan fingerprint density at radius 2 is 1.94 bits per heavy atom. The number of rotatable bonds is 2. The van der Waals surface area contributed by atoms with Gasteiger partial charge in [-0.25, -0.2) is 0 Å². The number of nitrogens with one attached hydrogen (secondary N) is 1. The van der Waals surface area contributed by atoms with Crippen molar-refractivity contribution in [1.29, 1.82) is 0 Å². The first-order chi connectivity index (χ1) is 8.42. The molecule has 0 aromatic heterocycles. The fourth-order valence-corrected chi connectivity index (χ4v) is 3.79.